The highest BCUT2D eigenvalue weighted by atomic mass is 32.2. The lowest BCUT2D eigenvalue weighted by molar-refractivity contribution is -0.121. The molecule has 0 bridgehead atoms. The lowest BCUT2D eigenvalue weighted by Gasteiger charge is -2.17. The zero-order chi connectivity index (χ0) is 19.2. The third kappa shape index (κ3) is 5.45. The highest BCUT2D eigenvalue weighted by Crippen LogP contribution is 2.25. The van der Waals surface area contributed by atoms with Gasteiger partial charge in [0.15, 0.2) is 0 Å². The predicted octanol–water partition coefficient (Wildman–Crippen LogP) is 2.72. The van der Waals surface area contributed by atoms with Crippen LogP contribution in [0.25, 0.3) is 0 Å². The number of amides is 1. The fourth-order valence-corrected chi connectivity index (χ4v) is 4.25. The number of aryl methyl sites for hydroxylation is 1. The molecule has 1 saturated carbocycles. The maximum atomic E-state index is 12.3. The molecule has 0 atom stereocenters. The van der Waals surface area contributed by atoms with Gasteiger partial charge in [-0.3, -0.25) is 4.79 Å². The van der Waals surface area contributed by atoms with Crippen molar-refractivity contribution < 1.29 is 17.9 Å². The summed E-state index contributed by atoms with van der Waals surface area (Å²) in [4.78, 5) is 12.5. The average molecular weight is 383 g/mol. The molecule has 1 amide bonds. The molecule has 0 radical (unpaired) electrons. The SMILES string of the molecule is COc1ccc(S(=O)(=O)N(C)C)cc1CCC(=O)NC1CCCCCC1. The number of hydrogen-bond acceptors (Lipinski definition) is 4. The Labute approximate surface area is 157 Å². The summed E-state index contributed by atoms with van der Waals surface area (Å²) in [5.74, 6) is 0.616. The fraction of sp³-hybridized carbons (Fsp3) is 0.632. The number of hydrogen-bond donors (Lipinski definition) is 1. The molecule has 0 spiro atoms. The Hall–Kier alpha value is -1.60. The summed E-state index contributed by atoms with van der Waals surface area (Å²) in [5.41, 5.74) is 0.728. The number of ether oxygens (including phenoxy) is 1. The number of benzene rings is 1. The van der Waals surface area contributed by atoms with Gasteiger partial charge < -0.3 is 10.1 Å². The average Bonchev–Trinajstić information content (AvgIpc) is 2.88. The van der Waals surface area contributed by atoms with E-state index in [9.17, 15) is 13.2 Å². The van der Waals surface area contributed by atoms with Gasteiger partial charge >= 0.3 is 0 Å². The summed E-state index contributed by atoms with van der Waals surface area (Å²) in [5, 5.41) is 3.12. The Balaban J connectivity index is 2.04. The van der Waals surface area contributed by atoms with Gasteiger partial charge in [-0.15, -0.1) is 0 Å². The van der Waals surface area contributed by atoms with Crippen LogP contribution in [0.3, 0.4) is 0 Å². The number of methoxy groups -OCH3 is 1. The largest absolute Gasteiger partial charge is 0.496 e. The first-order valence-electron chi connectivity index (χ1n) is 9.23. The number of nitrogens with zero attached hydrogens (tertiary/aromatic N) is 1. The predicted molar refractivity (Wildman–Crippen MR) is 102 cm³/mol. The third-order valence-electron chi connectivity index (χ3n) is 4.87. The summed E-state index contributed by atoms with van der Waals surface area (Å²) in [6, 6.07) is 5.05. The third-order valence-corrected chi connectivity index (χ3v) is 6.68. The van der Waals surface area contributed by atoms with E-state index in [1.54, 1.807) is 19.2 Å². The van der Waals surface area contributed by atoms with Gasteiger partial charge in [-0.25, -0.2) is 12.7 Å². The minimum atomic E-state index is -3.51. The first kappa shape index (κ1) is 20.7. The topological polar surface area (TPSA) is 75.7 Å². The zero-order valence-corrected chi connectivity index (χ0v) is 16.8. The van der Waals surface area contributed by atoms with Crippen LogP contribution in [0.2, 0.25) is 0 Å². The molecule has 0 aromatic heterocycles. The first-order valence-corrected chi connectivity index (χ1v) is 10.7. The monoisotopic (exact) mass is 382 g/mol. The minimum Gasteiger partial charge on any atom is -0.496 e. The van der Waals surface area contributed by atoms with Crippen molar-refractivity contribution in [1.82, 2.24) is 9.62 Å². The van der Waals surface area contributed by atoms with E-state index in [4.69, 9.17) is 4.74 Å². The summed E-state index contributed by atoms with van der Waals surface area (Å²) in [7, 11) is 1.03. The Morgan fingerprint density at radius 3 is 2.42 bits per heavy atom. The number of nitrogens with one attached hydrogen (secondary N) is 1. The van der Waals surface area contributed by atoms with Crippen LogP contribution in [-0.2, 0) is 21.2 Å². The van der Waals surface area contributed by atoms with Crippen LogP contribution >= 0.6 is 0 Å². The highest BCUT2D eigenvalue weighted by molar-refractivity contribution is 7.89. The number of carbonyl (C=O) groups excluding carboxylic acids is 1. The van der Waals surface area contributed by atoms with Gasteiger partial charge in [-0.05, 0) is 43.0 Å². The second-order valence-electron chi connectivity index (χ2n) is 7.02. The van der Waals surface area contributed by atoms with Crippen molar-refractivity contribution in [3.05, 3.63) is 23.8 Å². The normalized spacial score (nSPS) is 16.3. The van der Waals surface area contributed by atoms with Crippen LogP contribution in [0.5, 0.6) is 5.75 Å². The molecule has 1 fully saturated rings. The first-order chi connectivity index (χ1) is 12.3. The Bertz CT molecular complexity index is 708. The van der Waals surface area contributed by atoms with Gasteiger partial charge in [0.05, 0.1) is 12.0 Å². The lowest BCUT2D eigenvalue weighted by atomic mass is 10.1. The highest BCUT2D eigenvalue weighted by Gasteiger charge is 2.20. The quantitative estimate of drug-likeness (QED) is 0.736. The van der Waals surface area contributed by atoms with Crippen LogP contribution in [0.4, 0.5) is 0 Å². The van der Waals surface area contributed by atoms with Crippen LogP contribution in [-0.4, -0.2) is 45.9 Å². The van der Waals surface area contributed by atoms with Crippen molar-refractivity contribution in [1.29, 1.82) is 0 Å². The van der Waals surface area contributed by atoms with Crippen molar-refractivity contribution in [3.63, 3.8) is 0 Å². The molecule has 0 saturated heterocycles. The molecule has 2 rings (SSSR count). The molecule has 0 aliphatic heterocycles. The van der Waals surface area contributed by atoms with E-state index >= 15 is 0 Å². The van der Waals surface area contributed by atoms with Crippen LogP contribution in [0.1, 0.15) is 50.5 Å². The summed E-state index contributed by atoms with van der Waals surface area (Å²) >= 11 is 0. The second kappa shape index (κ2) is 9.37. The molecule has 0 unspecified atom stereocenters. The fourth-order valence-electron chi connectivity index (χ4n) is 3.29. The summed E-state index contributed by atoms with van der Waals surface area (Å²) in [6.45, 7) is 0. The van der Waals surface area contributed by atoms with Gasteiger partial charge in [-0.2, -0.15) is 0 Å². The van der Waals surface area contributed by atoms with Crippen molar-refractivity contribution in [3.8, 4) is 5.75 Å². The van der Waals surface area contributed by atoms with E-state index in [1.807, 2.05) is 0 Å². The molecule has 1 aliphatic carbocycles. The van der Waals surface area contributed by atoms with E-state index in [1.165, 1.54) is 50.2 Å². The van der Waals surface area contributed by atoms with Gasteiger partial charge in [0.25, 0.3) is 0 Å². The van der Waals surface area contributed by atoms with Crippen molar-refractivity contribution in [2.45, 2.75) is 62.3 Å². The molecule has 1 N–H and O–H groups in total. The van der Waals surface area contributed by atoms with Crippen molar-refractivity contribution >= 4 is 15.9 Å². The summed E-state index contributed by atoms with van der Waals surface area (Å²) in [6.07, 6.45) is 7.69. The minimum absolute atomic E-state index is 0.0137. The van der Waals surface area contributed by atoms with Gasteiger partial charge in [-0.1, -0.05) is 25.7 Å². The number of sulfonamides is 1. The van der Waals surface area contributed by atoms with Crippen LogP contribution < -0.4 is 10.1 Å². The molecule has 7 heteroatoms. The molecule has 146 valence electrons. The van der Waals surface area contributed by atoms with E-state index in [0.29, 0.717) is 18.6 Å². The standard InChI is InChI=1S/C19H30N2O4S/c1-21(2)26(23,24)17-11-12-18(25-3)15(14-17)10-13-19(22)20-16-8-6-4-5-7-9-16/h11-12,14,16H,4-10,13H2,1-3H3,(H,20,22). The molecule has 1 aromatic rings. The van der Waals surface area contributed by atoms with Gasteiger partial charge in [0.1, 0.15) is 5.75 Å². The van der Waals surface area contributed by atoms with E-state index in [0.717, 1.165) is 18.4 Å². The van der Waals surface area contributed by atoms with Gasteiger partial charge in [0.2, 0.25) is 15.9 Å². The van der Waals surface area contributed by atoms with Crippen molar-refractivity contribution in [2.24, 2.45) is 0 Å². The molecule has 1 aliphatic rings. The number of carbonyl (C=O) groups is 1. The smallest absolute Gasteiger partial charge is 0.242 e. The molecule has 26 heavy (non-hydrogen) atoms. The van der Waals surface area contributed by atoms with E-state index in [-0.39, 0.29) is 16.8 Å². The Morgan fingerprint density at radius 2 is 1.85 bits per heavy atom. The summed E-state index contributed by atoms with van der Waals surface area (Å²) < 4.78 is 31.2. The zero-order valence-electron chi connectivity index (χ0n) is 16.0. The molecule has 6 nitrogen and oxygen atoms in total. The van der Waals surface area contributed by atoms with E-state index in [2.05, 4.69) is 5.32 Å². The molecular formula is C19H30N2O4S. The maximum Gasteiger partial charge on any atom is 0.242 e. The molecular weight excluding hydrogens is 352 g/mol. The number of rotatable bonds is 7. The Kier molecular flexibility index (Phi) is 7.46. The lowest BCUT2D eigenvalue weighted by Crippen LogP contribution is -2.34. The van der Waals surface area contributed by atoms with E-state index < -0.39 is 10.0 Å². The molecule has 0 heterocycles. The van der Waals surface area contributed by atoms with Crippen LogP contribution in [0, 0.1) is 0 Å². The van der Waals surface area contributed by atoms with Crippen LogP contribution in [0.15, 0.2) is 23.1 Å². The van der Waals surface area contributed by atoms with Gasteiger partial charge in [0, 0.05) is 26.6 Å². The maximum absolute atomic E-state index is 12.3. The van der Waals surface area contributed by atoms with Crippen molar-refractivity contribution in [2.75, 3.05) is 21.2 Å². The second-order valence-corrected chi connectivity index (χ2v) is 9.17. The Morgan fingerprint density at radius 1 is 1.19 bits per heavy atom. The molecule has 1 aromatic carbocycles.